The van der Waals surface area contributed by atoms with Crippen LogP contribution in [0.15, 0.2) is 0 Å². The molecular weight excluding hydrogens is 165 g/mol. The molecular formula is C8H17ClFN. The molecule has 0 saturated carbocycles. The first-order valence-corrected chi connectivity index (χ1v) is 4.06. The van der Waals surface area contributed by atoms with Gasteiger partial charge in [-0.25, -0.2) is 4.39 Å². The molecule has 0 aromatic heterocycles. The Kier molecular flexibility index (Phi) is 5.02. The van der Waals surface area contributed by atoms with E-state index in [4.69, 9.17) is 0 Å². The normalized spacial score (nSPS) is 26.7. The summed E-state index contributed by atoms with van der Waals surface area (Å²) in [6.45, 7) is 5.77. The van der Waals surface area contributed by atoms with Gasteiger partial charge in [0.25, 0.3) is 0 Å². The number of alkyl halides is 1. The van der Waals surface area contributed by atoms with Gasteiger partial charge in [0, 0.05) is 12.5 Å². The molecule has 1 saturated heterocycles. The minimum Gasteiger partial charge on any atom is -0.316 e. The minimum atomic E-state index is -0.602. The lowest BCUT2D eigenvalue weighted by atomic mass is 9.94. The zero-order valence-electron chi connectivity index (χ0n) is 7.14. The molecule has 0 aromatic rings. The summed E-state index contributed by atoms with van der Waals surface area (Å²) in [6.07, 6.45) is 0.411. The van der Waals surface area contributed by atoms with Crippen molar-refractivity contribution < 1.29 is 4.39 Å². The molecule has 1 fully saturated rings. The Bertz CT molecular complexity index is 102. The van der Waals surface area contributed by atoms with Gasteiger partial charge in [-0.1, -0.05) is 13.8 Å². The van der Waals surface area contributed by atoms with Crippen molar-refractivity contribution in [3.8, 4) is 0 Å². The molecule has 0 aliphatic carbocycles. The predicted molar refractivity (Wildman–Crippen MR) is 48.0 cm³/mol. The van der Waals surface area contributed by atoms with E-state index in [1.54, 1.807) is 0 Å². The van der Waals surface area contributed by atoms with E-state index in [-0.39, 0.29) is 24.2 Å². The van der Waals surface area contributed by atoms with E-state index in [1.807, 2.05) is 13.8 Å². The largest absolute Gasteiger partial charge is 0.316 e. The molecule has 0 bridgehead atoms. The lowest BCUT2D eigenvalue weighted by Crippen LogP contribution is -2.23. The van der Waals surface area contributed by atoms with E-state index in [9.17, 15) is 4.39 Å². The second-order valence-corrected chi connectivity index (χ2v) is 3.44. The fraction of sp³-hybridized carbons (Fsp3) is 1.00. The van der Waals surface area contributed by atoms with Crippen molar-refractivity contribution in [2.75, 3.05) is 13.1 Å². The zero-order chi connectivity index (χ0) is 7.56. The van der Waals surface area contributed by atoms with Gasteiger partial charge in [-0.2, -0.15) is 0 Å². The lowest BCUT2D eigenvalue weighted by Gasteiger charge is -2.17. The quantitative estimate of drug-likeness (QED) is 0.688. The van der Waals surface area contributed by atoms with E-state index in [1.165, 1.54) is 0 Å². The highest BCUT2D eigenvalue weighted by Crippen LogP contribution is 2.21. The molecule has 0 amide bonds. The fourth-order valence-electron chi connectivity index (χ4n) is 1.49. The van der Waals surface area contributed by atoms with Crippen LogP contribution in [-0.4, -0.2) is 19.3 Å². The van der Waals surface area contributed by atoms with Crippen LogP contribution in [0, 0.1) is 11.8 Å². The maximum Gasteiger partial charge on any atom is 0.106 e. The Morgan fingerprint density at radius 3 is 2.45 bits per heavy atom. The van der Waals surface area contributed by atoms with E-state index in [0.717, 1.165) is 19.5 Å². The van der Waals surface area contributed by atoms with Crippen LogP contribution < -0.4 is 5.32 Å². The van der Waals surface area contributed by atoms with Gasteiger partial charge in [-0.3, -0.25) is 0 Å². The molecule has 11 heavy (non-hydrogen) atoms. The summed E-state index contributed by atoms with van der Waals surface area (Å²) in [7, 11) is 0. The van der Waals surface area contributed by atoms with Crippen molar-refractivity contribution in [2.45, 2.75) is 26.4 Å². The maximum absolute atomic E-state index is 13.2. The predicted octanol–water partition coefficient (Wildman–Crippen LogP) is 2.01. The van der Waals surface area contributed by atoms with Gasteiger partial charge >= 0.3 is 0 Å². The van der Waals surface area contributed by atoms with Gasteiger partial charge in [0.1, 0.15) is 6.17 Å². The zero-order valence-corrected chi connectivity index (χ0v) is 7.96. The maximum atomic E-state index is 13.2. The third-order valence-electron chi connectivity index (χ3n) is 2.19. The minimum absolute atomic E-state index is 0. The highest BCUT2D eigenvalue weighted by molar-refractivity contribution is 5.85. The van der Waals surface area contributed by atoms with E-state index in [0.29, 0.717) is 0 Å². The first-order valence-electron chi connectivity index (χ1n) is 4.06. The molecule has 1 N–H and O–H groups in total. The van der Waals surface area contributed by atoms with Gasteiger partial charge in [-0.05, 0) is 18.9 Å². The number of hydrogen-bond donors (Lipinski definition) is 1. The summed E-state index contributed by atoms with van der Waals surface area (Å²) < 4.78 is 13.2. The molecule has 0 aromatic carbocycles. The smallest absolute Gasteiger partial charge is 0.106 e. The van der Waals surface area contributed by atoms with Crippen LogP contribution >= 0.6 is 12.4 Å². The van der Waals surface area contributed by atoms with Crippen molar-refractivity contribution in [3.05, 3.63) is 0 Å². The van der Waals surface area contributed by atoms with Gasteiger partial charge in [0.15, 0.2) is 0 Å². The number of rotatable bonds is 2. The van der Waals surface area contributed by atoms with Crippen LogP contribution in [0.5, 0.6) is 0 Å². The molecule has 2 unspecified atom stereocenters. The van der Waals surface area contributed by atoms with Gasteiger partial charge in [0.05, 0.1) is 0 Å². The van der Waals surface area contributed by atoms with Crippen LogP contribution in [0.1, 0.15) is 20.3 Å². The highest BCUT2D eigenvalue weighted by atomic mass is 35.5. The van der Waals surface area contributed by atoms with Crippen LogP contribution in [0.3, 0.4) is 0 Å². The summed E-state index contributed by atoms with van der Waals surface area (Å²) >= 11 is 0. The van der Waals surface area contributed by atoms with E-state index >= 15 is 0 Å². The van der Waals surface area contributed by atoms with Crippen molar-refractivity contribution in [3.63, 3.8) is 0 Å². The summed E-state index contributed by atoms with van der Waals surface area (Å²) in [4.78, 5) is 0. The van der Waals surface area contributed by atoms with Crippen LogP contribution in [-0.2, 0) is 0 Å². The monoisotopic (exact) mass is 181 g/mol. The van der Waals surface area contributed by atoms with Crippen molar-refractivity contribution in [1.82, 2.24) is 5.32 Å². The summed E-state index contributed by atoms with van der Waals surface area (Å²) in [5.74, 6) is 0.463. The van der Waals surface area contributed by atoms with Crippen LogP contribution in [0.2, 0.25) is 0 Å². The SMILES string of the molecule is CC(C)C(F)C1CCNC1.Cl. The molecule has 1 heterocycles. The van der Waals surface area contributed by atoms with Crippen molar-refractivity contribution >= 4 is 12.4 Å². The Morgan fingerprint density at radius 1 is 1.45 bits per heavy atom. The number of halogens is 2. The molecule has 2 atom stereocenters. The summed E-state index contributed by atoms with van der Waals surface area (Å²) in [6, 6.07) is 0. The Balaban J connectivity index is 0.000001000. The van der Waals surface area contributed by atoms with E-state index in [2.05, 4.69) is 5.32 Å². The highest BCUT2D eigenvalue weighted by Gasteiger charge is 2.26. The molecule has 0 radical (unpaired) electrons. The molecule has 1 nitrogen and oxygen atoms in total. The second-order valence-electron chi connectivity index (χ2n) is 3.44. The number of nitrogens with one attached hydrogen (secondary N) is 1. The molecule has 1 rings (SSSR count). The Morgan fingerprint density at radius 2 is 2.09 bits per heavy atom. The molecule has 3 heteroatoms. The summed E-state index contributed by atoms with van der Waals surface area (Å²) in [5.41, 5.74) is 0. The average Bonchev–Trinajstić information content (AvgIpc) is 2.36. The standard InChI is InChI=1S/C8H16FN.ClH/c1-6(2)8(9)7-3-4-10-5-7;/h6-8,10H,3-5H2,1-2H3;1H. The van der Waals surface area contributed by atoms with Crippen molar-refractivity contribution in [1.29, 1.82) is 0 Å². The first-order chi connectivity index (χ1) is 4.72. The molecule has 68 valence electrons. The third kappa shape index (κ3) is 2.96. The first kappa shape index (κ1) is 11.2. The molecule has 1 aliphatic rings. The van der Waals surface area contributed by atoms with E-state index < -0.39 is 6.17 Å². The second kappa shape index (κ2) is 4.94. The van der Waals surface area contributed by atoms with Crippen LogP contribution in [0.4, 0.5) is 4.39 Å². The average molecular weight is 182 g/mol. The molecule has 0 spiro atoms. The topological polar surface area (TPSA) is 12.0 Å². The van der Waals surface area contributed by atoms with Gasteiger partial charge in [0.2, 0.25) is 0 Å². The fourth-order valence-corrected chi connectivity index (χ4v) is 1.49. The van der Waals surface area contributed by atoms with Gasteiger partial charge < -0.3 is 5.32 Å². The Hall–Kier alpha value is 0.180. The third-order valence-corrected chi connectivity index (χ3v) is 2.19. The molecule has 1 aliphatic heterocycles. The Labute approximate surface area is 74.2 Å². The van der Waals surface area contributed by atoms with Crippen LogP contribution in [0.25, 0.3) is 0 Å². The number of hydrogen-bond acceptors (Lipinski definition) is 1. The summed E-state index contributed by atoms with van der Waals surface area (Å²) in [5, 5.41) is 3.17. The van der Waals surface area contributed by atoms with Gasteiger partial charge in [-0.15, -0.1) is 12.4 Å². The van der Waals surface area contributed by atoms with Crippen molar-refractivity contribution in [2.24, 2.45) is 11.8 Å². The lowest BCUT2D eigenvalue weighted by molar-refractivity contribution is 0.180.